The molecule has 1 aliphatic heterocycles. The summed E-state index contributed by atoms with van der Waals surface area (Å²) in [5, 5.41) is 7.02. The zero-order valence-electron chi connectivity index (χ0n) is 15.9. The lowest BCUT2D eigenvalue weighted by Gasteiger charge is -2.33. The fourth-order valence-corrected chi connectivity index (χ4v) is 3.45. The van der Waals surface area contributed by atoms with Crippen LogP contribution in [-0.4, -0.2) is 47.5 Å². The van der Waals surface area contributed by atoms with Crippen LogP contribution in [0.2, 0.25) is 0 Å². The molecule has 1 saturated heterocycles. The molecule has 5 rings (SSSR count). The molecule has 29 heavy (non-hydrogen) atoms. The van der Waals surface area contributed by atoms with Gasteiger partial charge < -0.3 is 24.2 Å². The van der Waals surface area contributed by atoms with E-state index in [-0.39, 0.29) is 5.60 Å². The number of rotatable bonds is 5. The first-order valence-electron chi connectivity index (χ1n) is 9.44. The molecule has 0 amide bonds. The Bertz CT molecular complexity index is 1040. The molecule has 0 radical (unpaired) electrons. The van der Waals surface area contributed by atoms with Gasteiger partial charge in [0.05, 0.1) is 19.3 Å². The zero-order valence-corrected chi connectivity index (χ0v) is 15.9. The smallest absolute Gasteiger partial charge is 0.230 e. The number of halogens is 1. The number of aromatic nitrogens is 3. The molecular weight excluding hydrogens is 377 g/mol. The van der Waals surface area contributed by atoms with Gasteiger partial charge in [-0.15, -0.1) is 0 Å². The topological polar surface area (TPSA) is 85.5 Å². The summed E-state index contributed by atoms with van der Waals surface area (Å²) in [6.45, 7) is 2.24. The maximum absolute atomic E-state index is 14.3. The third kappa shape index (κ3) is 3.61. The average molecular weight is 397 g/mol. The Labute approximate surface area is 166 Å². The Balaban J connectivity index is 1.32. The molecule has 1 spiro atoms. The predicted octanol–water partition coefficient (Wildman–Crippen LogP) is 3.39. The number of hydrogen-bond acceptors (Lipinski definition) is 8. The van der Waals surface area contributed by atoms with Gasteiger partial charge in [0, 0.05) is 37.0 Å². The first-order valence-corrected chi connectivity index (χ1v) is 9.44. The monoisotopic (exact) mass is 397 g/mol. The van der Waals surface area contributed by atoms with Gasteiger partial charge >= 0.3 is 0 Å². The Morgan fingerprint density at radius 1 is 1.24 bits per heavy atom. The first kappa shape index (κ1) is 17.9. The number of morpholine rings is 1. The molecule has 0 bridgehead atoms. The molecule has 2 fully saturated rings. The van der Waals surface area contributed by atoms with E-state index >= 15 is 0 Å². The van der Waals surface area contributed by atoms with Crippen molar-refractivity contribution in [3.05, 3.63) is 42.3 Å². The fourth-order valence-electron chi connectivity index (χ4n) is 3.45. The van der Waals surface area contributed by atoms with Crippen LogP contribution < -0.4 is 15.0 Å². The number of hydrogen-bond donors (Lipinski definition) is 1. The van der Waals surface area contributed by atoms with Crippen molar-refractivity contribution in [1.29, 1.82) is 0 Å². The standard InChI is InChI=1S/C20H20FN5O3/c1-27-13-2-3-14(15(21)10-13)16-11-18(29-25-16)23-17-4-7-22-19(24-17)26-8-9-28-20(12-26)5-6-20/h2-4,7,10-11H,5-6,8-9,12H2,1H3,(H,22,23,24). The van der Waals surface area contributed by atoms with Crippen molar-refractivity contribution in [3.8, 4) is 17.0 Å². The minimum absolute atomic E-state index is 0.00663. The van der Waals surface area contributed by atoms with Crippen molar-refractivity contribution in [2.24, 2.45) is 0 Å². The van der Waals surface area contributed by atoms with Crippen molar-refractivity contribution in [1.82, 2.24) is 15.1 Å². The van der Waals surface area contributed by atoms with Gasteiger partial charge in [-0.1, -0.05) is 5.16 Å². The summed E-state index contributed by atoms with van der Waals surface area (Å²) in [6.07, 6.45) is 3.87. The van der Waals surface area contributed by atoms with E-state index in [1.54, 1.807) is 30.5 Å². The molecule has 1 N–H and O–H groups in total. The van der Waals surface area contributed by atoms with E-state index in [1.165, 1.54) is 13.2 Å². The van der Waals surface area contributed by atoms with Gasteiger partial charge in [0.1, 0.15) is 23.1 Å². The second kappa shape index (κ2) is 7.00. The highest BCUT2D eigenvalue weighted by Gasteiger charge is 2.47. The summed E-state index contributed by atoms with van der Waals surface area (Å²) < 4.78 is 30.5. The van der Waals surface area contributed by atoms with Crippen LogP contribution in [-0.2, 0) is 4.74 Å². The van der Waals surface area contributed by atoms with Gasteiger partial charge in [0.25, 0.3) is 0 Å². The quantitative estimate of drug-likeness (QED) is 0.701. The Kier molecular flexibility index (Phi) is 4.31. The van der Waals surface area contributed by atoms with Crippen LogP contribution in [0.4, 0.5) is 22.0 Å². The highest BCUT2D eigenvalue weighted by Crippen LogP contribution is 2.42. The van der Waals surface area contributed by atoms with Gasteiger partial charge in [-0.3, -0.25) is 0 Å². The van der Waals surface area contributed by atoms with Gasteiger partial charge in [0.15, 0.2) is 0 Å². The highest BCUT2D eigenvalue weighted by atomic mass is 19.1. The fraction of sp³-hybridized carbons (Fsp3) is 0.350. The van der Waals surface area contributed by atoms with Gasteiger partial charge in [-0.2, -0.15) is 4.98 Å². The van der Waals surface area contributed by atoms with E-state index < -0.39 is 5.82 Å². The molecule has 9 heteroatoms. The van der Waals surface area contributed by atoms with E-state index in [0.717, 1.165) is 25.9 Å². The molecule has 3 heterocycles. The summed E-state index contributed by atoms with van der Waals surface area (Å²) in [5.74, 6) is 1.59. The molecule has 0 unspecified atom stereocenters. The molecular formula is C20H20FN5O3. The molecule has 3 aromatic rings. The van der Waals surface area contributed by atoms with Gasteiger partial charge in [-0.05, 0) is 31.0 Å². The molecule has 0 atom stereocenters. The lowest BCUT2D eigenvalue weighted by molar-refractivity contribution is 0.0201. The van der Waals surface area contributed by atoms with E-state index in [1.807, 2.05) is 0 Å². The highest BCUT2D eigenvalue weighted by molar-refractivity contribution is 5.65. The summed E-state index contributed by atoms with van der Waals surface area (Å²) in [6, 6.07) is 7.95. The molecule has 2 aliphatic rings. The SMILES string of the molecule is COc1ccc(-c2cc(Nc3ccnc(N4CCOC5(CC5)C4)n3)on2)c(F)c1. The third-order valence-electron chi connectivity index (χ3n) is 5.20. The number of nitrogens with zero attached hydrogens (tertiary/aromatic N) is 4. The van der Waals surface area contributed by atoms with E-state index in [2.05, 4.69) is 25.3 Å². The van der Waals surface area contributed by atoms with E-state index in [9.17, 15) is 4.39 Å². The third-order valence-corrected chi connectivity index (χ3v) is 5.20. The number of ether oxygens (including phenoxy) is 2. The lowest BCUT2D eigenvalue weighted by atomic mass is 10.1. The minimum atomic E-state index is -0.435. The molecule has 1 aromatic carbocycles. The summed E-state index contributed by atoms with van der Waals surface area (Å²) in [7, 11) is 1.49. The number of nitrogens with one attached hydrogen (secondary N) is 1. The van der Waals surface area contributed by atoms with Crippen LogP contribution in [0.5, 0.6) is 5.75 Å². The largest absolute Gasteiger partial charge is 0.497 e. The van der Waals surface area contributed by atoms with E-state index in [0.29, 0.717) is 41.3 Å². The number of methoxy groups -OCH3 is 1. The Morgan fingerprint density at radius 3 is 2.93 bits per heavy atom. The summed E-state index contributed by atoms with van der Waals surface area (Å²) >= 11 is 0. The second-order valence-electron chi connectivity index (χ2n) is 7.24. The maximum atomic E-state index is 14.3. The van der Waals surface area contributed by atoms with Crippen LogP contribution in [0.15, 0.2) is 41.1 Å². The zero-order chi connectivity index (χ0) is 19.8. The molecule has 1 saturated carbocycles. The Hall–Kier alpha value is -3.20. The number of benzene rings is 1. The second-order valence-corrected chi connectivity index (χ2v) is 7.24. The van der Waals surface area contributed by atoms with Crippen molar-refractivity contribution < 1.29 is 18.4 Å². The van der Waals surface area contributed by atoms with Crippen molar-refractivity contribution >= 4 is 17.7 Å². The molecule has 8 nitrogen and oxygen atoms in total. The predicted molar refractivity (Wildman–Crippen MR) is 104 cm³/mol. The average Bonchev–Trinajstić information content (AvgIpc) is 3.31. The van der Waals surface area contributed by atoms with Crippen molar-refractivity contribution in [2.75, 3.05) is 37.0 Å². The summed E-state index contributed by atoms with van der Waals surface area (Å²) in [4.78, 5) is 11.1. The first-order chi connectivity index (χ1) is 14.1. The molecule has 2 aromatic heterocycles. The normalized spacial score (nSPS) is 17.4. The molecule has 150 valence electrons. The van der Waals surface area contributed by atoms with Crippen LogP contribution in [0, 0.1) is 5.82 Å². The van der Waals surface area contributed by atoms with Crippen LogP contribution in [0.1, 0.15) is 12.8 Å². The summed E-state index contributed by atoms with van der Waals surface area (Å²) in [5.41, 5.74) is 0.702. The number of anilines is 3. The van der Waals surface area contributed by atoms with Crippen LogP contribution in [0.3, 0.4) is 0 Å². The van der Waals surface area contributed by atoms with Crippen LogP contribution >= 0.6 is 0 Å². The van der Waals surface area contributed by atoms with Crippen molar-refractivity contribution in [2.45, 2.75) is 18.4 Å². The van der Waals surface area contributed by atoms with Crippen LogP contribution in [0.25, 0.3) is 11.3 Å². The molecule has 1 aliphatic carbocycles. The van der Waals surface area contributed by atoms with Gasteiger partial charge in [0.2, 0.25) is 11.8 Å². The van der Waals surface area contributed by atoms with Crippen molar-refractivity contribution in [3.63, 3.8) is 0 Å². The maximum Gasteiger partial charge on any atom is 0.230 e. The van der Waals surface area contributed by atoms with Gasteiger partial charge in [-0.25, -0.2) is 9.37 Å². The lowest BCUT2D eigenvalue weighted by Crippen LogP contribution is -2.44. The minimum Gasteiger partial charge on any atom is -0.497 e. The Morgan fingerprint density at radius 2 is 2.14 bits per heavy atom. The van der Waals surface area contributed by atoms with E-state index in [4.69, 9.17) is 14.0 Å².